The molecule has 1 aromatic carbocycles. The first-order chi connectivity index (χ1) is 9.97. The molecule has 1 heterocycles. The highest BCUT2D eigenvalue weighted by atomic mass is 16.2. The second-order valence-electron chi connectivity index (χ2n) is 4.58. The first kappa shape index (κ1) is 14.5. The molecule has 0 aliphatic carbocycles. The van der Waals surface area contributed by atoms with E-state index in [1.165, 1.54) is 13.1 Å². The molecular weight excluding hydrogens is 270 g/mol. The van der Waals surface area contributed by atoms with Crippen LogP contribution in [-0.4, -0.2) is 16.8 Å². The van der Waals surface area contributed by atoms with Gasteiger partial charge in [-0.3, -0.25) is 14.4 Å². The van der Waals surface area contributed by atoms with Crippen LogP contribution >= 0.6 is 0 Å². The third-order valence-corrected chi connectivity index (χ3v) is 2.86. The van der Waals surface area contributed by atoms with E-state index in [4.69, 9.17) is 0 Å². The molecule has 1 aromatic heterocycles. The van der Waals surface area contributed by atoms with Gasteiger partial charge in [-0.1, -0.05) is 0 Å². The summed E-state index contributed by atoms with van der Waals surface area (Å²) in [7, 11) is 0. The summed E-state index contributed by atoms with van der Waals surface area (Å²) in [4.78, 5) is 37.2. The smallest absolute Gasteiger partial charge is 0.261 e. The number of aromatic nitrogens is 1. The fourth-order valence-corrected chi connectivity index (χ4v) is 1.89. The van der Waals surface area contributed by atoms with Gasteiger partial charge >= 0.3 is 0 Å². The lowest BCUT2D eigenvalue weighted by atomic mass is 10.1. The number of nitrogens with one attached hydrogen (secondary N) is 3. The monoisotopic (exact) mass is 285 g/mol. The summed E-state index contributed by atoms with van der Waals surface area (Å²) < 4.78 is 0. The first-order valence-electron chi connectivity index (χ1n) is 6.34. The zero-order chi connectivity index (χ0) is 15.4. The van der Waals surface area contributed by atoms with E-state index in [0.717, 1.165) is 0 Å². The van der Waals surface area contributed by atoms with E-state index >= 15 is 0 Å². The fraction of sp³-hybridized carbons (Fsp3) is 0.133. The molecule has 2 amide bonds. The van der Waals surface area contributed by atoms with Gasteiger partial charge in [0, 0.05) is 24.5 Å². The summed E-state index contributed by atoms with van der Waals surface area (Å²) in [6.07, 6.45) is 1.50. The van der Waals surface area contributed by atoms with Crippen LogP contribution in [0.15, 0.2) is 41.3 Å². The van der Waals surface area contributed by atoms with E-state index in [-0.39, 0.29) is 11.5 Å². The van der Waals surface area contributed by atoms with Crippen molar-refractivity contribution in [1.29, 1.82) is 0 Å². The average Bonchev–Trinajstić information content (AvgIpc) is 2.40. The highest BCUT2D eigenvalue weighted by molar-refractivity contribution is 6.05. The highest BCUT2D eigenvalue weighted by Crippen LogP contribution is 2.14. The lowest BCUT2D eigenvalue weighted by Gasteiger charge is -2.08. The number of carbonyl (C=O) groups excluding carboxylic acids is 2. The van der Waals surface area contributed by atoms with Gasteiger partial charge in [0.2, 0.25) is 5.91 Å². The normalized spacial score (nSPS) is 10.0. The molecule has 2 rings (SSSR count). The number of anilines is 2. The summed E-state index contributed by atoms with van der Waals surface area (Å²) >= 11 is 0. The number of rotatable bonds is 3. The van der Waals surface area contributed by atoms with Gasteiger partial charge in [-0.2, -0.15) is 0 Å². The van der Waals surface area contributed by atoms with Crippen LogP contribution < -0.4 is 16.2 Å². The van der Waals surface area contributed by atoms with Crippen molar-refractivity contribution in [3.05, 3.63) is 58.0 Å². The molecule has 0 atom stereocenters. The van der Waals surface area contributed by atoms with Crippen molar-refractivity contribution in [2.24, 2.45) is 0 Å². The van der Waals surface area contributed by atoms with Gasteiger partial charge in [0.15, 0.2) is 0 Å². The number of benzene rings is 1. The number of aryl methyl sites for hydroxylation is 1. The van der Waals surface area contributed by atoms with Gasteiger partial charge in [0.25, 0.3) is 11.5 Å². The number of pyridine rings is 1. The van der Waals surface area contributed by atoms with Crippen LogP contribution in [0.3, 0.4) is 0 Å². The molecule has 0 saturated carbocycles. The van der Waals surface area contributed by atoms with Crippen molar-refractivity contribution in [3.8, 4) is 0 Å². The predicted molar refractivity (Wildman–Crippen MR) is 80.5 cm³/mol. The van der Waals surface area contributed by atoms with Crippen molar-refractivity contribution in [3.63, 3.8) is 0 Å². The number of amides is 2. The van der Waals surface area contributed by atoms with Crippen LogP contribution in [-0.2, 0) is 4.79 Å². The van der Waals surface area contributed by atoms with Crippen LogP contribution in [0.1, 0.15) is 22.8 Å². The Morgan fingerprint density at radius 1 is 1.00 bits per heavy atom. The minimum absolute atomic E-state index is 0.0865. The minimum Gasteiger partial charge on any atom is -0.328 e. The Kier molecular flexibility index (Phi) is 4.18. The SMILES string of the molecule is CC(=O)Nc1ccc(NC(=O)c2c(C)cc[nH]c2=O)cc1. The van der Waals surface area contributed by atoms with Gasteiger partial charge in [-0.05, 0) is 42.8 Å². The zero-order valence-corrected chi connectivity index (χ0v) is 11.7. The van der Waals surface area contributed by atoms with E-state index in [2.05, 4.69) is 15.6 Å². The highest BCUT2D eigenvalue weighted by Gasteiger charge is 2.13. The minimum atomic E-state index is -0.471. The molecule has 6 nitrogen and oxygen atoms in total. The molecule has 0 bridgehead atoms. The molecular formula is C15H15N3O3. The van der Waals surface area contributed by atoms with Crippen molar-refractivity contribution >= 4 is 23.2 Å². The first-order valence-corrected chi connectivity index (χ1v) is 6.34. The predicted octanol–water partition coefficient (Wildman–Crippen LogP) is 1.89. The summed E-state index contributed by atoms with van der Waals surface area (Å²) in [6, 6.07) is 8.29. The molecule has 108 valence electrons. The average molecular weight is 285 g/mol. The molecule has 21 heavy (non-hydrogen) atoms. The molecule has 3 N–H and O–H groups in total. The molecule has 6 heteroatoms. The van der Waals surface area contributed by atoms with Crippen molar-refractivity contribution in [2.45, 2.75) is 13.8 Å². The van der Waals surface area contributed by atoms with E-state index in [9.17, 15) is 14.4 Å². The Morgan fingerprint density at radius 2 is 1.57 bits per heavy atom. The van der Waals surface area contributed by atoms with Gasteiger partial charge in [-0.15, -0.1) is 0 Å². The summed E-state index contributed by atoms with van der Waals surface area (Å²) in [5.41, 5.74) is 1.43. The van der Waals surface area contributed by atoms with Crippen LogP contribution in [0.2, 0.25) is 0 Å². The number of hydrogen-bond acceptors (Lipinski definition) is 3. The number of carbonyl (C=O) groups is 2. The third kappa shape index (κ3) is 3.56. The molecule has 0 aliphatic heterocycles. The topological polar surface area (TPSA) is 91.1 Å². The maximum atomic E-state index is 12.1. The molecule has 2 aromatic rings. The largest absolute Gasteiger partial charge is 0.328 e. The van der Waals surface area contributed by atoms with E-state index in [0.29, 0.717) is 16.9 Å². The number of hydrogen-bond donors (Lipinski definition) is 3. The van der Waals surface area contributed by atoms with Crippen LogP contribution in [0.4, 0.5) is 11.4 Å². The van der Waals surface area contributed by atoms with Gasteiger partial charge in [0.1, 0.15) is 5.56 Å². The third-order valence-electron chi connectivity index (χ3n) is 2.86. The molecule has 0 unspecified atom stereocenters. The molecule has 0 spiro atoms. The zero-order valence-electron chi connectivity index (χ0n) is 11.7. The standard InChI is InChI=1S/C15H15N3O3/c1-9-7-8-16-14(20)13(9)15(21)18-12-5-3-11(4-6-12)17-10(2)19/h3-8H,1-2H3,(H,16,20)(H,17,19)(H,18,21). The van der Waals surface area contributed by atoms with Crippen molar-refractivity contribution in [1.82, 2.24) is 4.98 Å². The number of aromatic amines is 1. The van der Waals surface area contributed by atoms with E-state index in [1.807, 2.05) is 0 Å². The Hall–Kier alpha value is -2.89. The van der Waals surface area contributed by atoms with Crippen molar-refractivity contribution < 1.29 is 9.59 Å². The van der Waals surface area contributed by atoms with Crippen molar-refractivity contribution in [2.75, 3.05) is 10.6 Å². The van der Waals surface area contributed by atoms with Crippen LogP contribution in [0, 0.1) is 6.92 Å². The quantitative estimate of drug-likeness (QED) is 0.804. The second-order valence-corrected chi connectivity index (χ2v) is 4.58. The molecule has 0 saturated heterocycles. The maximum Gasteiger partial charge on any atom is 0.261 e. The Bertz CT molecular complexity index is 733. The van der Waals surface area contributed by atoms with Crippen LogP contribution in [0.25, 0.3) is 0 Å². The number of H-pyrrole nitrogens is 1. The fourth-order valence-electron chi connectivity index (χ4n) is 1.89. The molecule has 0 radical (unpaired) electrons. The van der Waals surface area contributed by atoms with E-state index in [1.54, 1.807) is 37.3 Å². The lowest BCUT2D eigenvalue weighted by molar-refractivity contribution is -0.114. The Balaban J connectivity index is 2.16. The lowest BCUT2D eigenvalue weighted by Crippen LogP contribution is -2.24. The van der Waals surface area contributed by atoms with Gasteiger partial charge in [0.05, 0.1) is 0 Å². The Labute approximate surface area is 121 Å². The van der Waals surface area contributed by atoms with Crippen LogP contribution in [0.5, 0.6) is 0 Å². The Morgan fingerprint density at radius 3 is 2.10 bits per heavy atom. The summed E-state index contributed by atoms with van der Waals surface area (Å²) in [6.45, 7) is 3.12. The maximum absolute atomic E-state index is 12.1. The molecule has 0 fully saturated rings. The van der Waals surface area contributed by atoms with E-state index < -0.39 is 11.5 Å². The van der Waals surface area contributed by atoms with Gasteiger partial charge < -0.3 is 15.6 Å². The molecule has 0 aliphatic rings. The summed E-state index contributed by atoms with van der Waals surface area (Å²) in [5.74, 6) is -0.639. The summed E-state index contributed by atoms with van der Waals surface area (Å²) in [5, 5.41) is 5.28. The second kappa shape index (κ2) is 6.04. The van der Waals surface area contributed by atoms with Gasteiger partial charge in [-0.25, -0.2) is 0 Å².